The predicted octanol–water partition coefficient (Wildman–Crippen LogP) is 1.21. The molecule has 2 aliphatic rings. The zero-order chi connectivity index (χ0) is 15.3. The van der Waals surface area contributed by atoms with Crippen LogP contribution in [0.4, 0.5) is 4.39 Å². The molecule has 7 heteroatoms. The van der Waals surface area contributed by atoms with E-state index in [0.717, 1.165) is 19.3 Å². The fourth-order valence-corrected chi connectivity index (χ4v) is 5.30. The van der Waals surface area contributed by atoms with E-state index in [9.17, 15) is 12.8 Å². The minimum atomic E-state index is -3.69. The molecule has 4 rings (SSSR count). The summed E-state index contributed by atoms with van der Waals surface area (Å²) in [5, 5.41) is 3.92. The first-order chi connectivity index (χ1) is 10.6. The molecule has 1 N–H and O–H groups in total. The first kappa shape index (κ1) is 14.0. The van der Waals surface area contributed by atoms with Crippen molar-refractivity contribution in [2.45, 2.75) is 4.90 Å². The number of nitrogens with zero attached hydrogens (tertiary/aromatic N) is 2. The third-order valence-corrected chi connectivity index (χ3v) is 6.55. The van der Waals surface area contributed by atoms with Gasteiger partial charge in [0, 0.05) is 30.1 Å². The molecule has 0 amide bonds. The maximum absolute atomic E-state index is 14.1. The van der Waals surface area contributed by atoms with E-state index >= 15 is 0 Å². The van der Waals surface area contributed by atoms with Gasteiger partial charge in [-0.05, 0) is 31.0 Å². The Morgan fingerprint density at radius 1 is 1.18 bits per heavy atom. The summed E-state index contributed by atoms with van der Waals surface area (Å²) in [4.78, 5) is 3.83. The minimum absolute atomic E-state index is 0.0397. The summed E-state index contributed by atoms with van der Waals surface area (Å²) >= 11 is 0. The van der Waals surface area contributed by atoms with Crippen molar-refractivity contribution in [2.24, 2.45) is 11.8 Å². The Morgan fingerprint density at radius 3 is 2.64 bits per heavy atom. The van der Waals surface area contributed by atoms with Gasteiger partial charge in [0.1, 0.15) is 0 Å². The van der Waals surface area contributed by atoms with Gasteiger partial charge in [0.2, 0.25) is 10.0 Å². The number of aromatic nitrogens is 1. The molecule has 3 heterocycles. The van der Waals surface area contributed by atoms with Crippen molar-refractivity contribution in [1.29, 1.82) is 0 Å². The SMILES string of the molecule is O=S(=O)(c1cccc2cncc(F)c12)N1C[C@H]2CNC[C@H]2C1. The van der Waals surface area contributed by atoms with Crippen molar-refractivity contribution in [3.63, 3.8) is 0 Å². The van der Waals surface area contributed by atoms with Crippen molar-refractivity contribution in [2.75, 3.05) is 26.2 Å². The van der Waals surface area contributed by atoms with Crippen LogP contribution in [0.25, 0.3) is 10.8 Å². The van der Waals surface area contributed by atoms with E-state index in [0.29, 0.717) is 30.3 Å². The maximum atomic E-state index is 14.1. The molecule has 116 valence electrons. The smallest absolute Gasteiger partial charge is 0.243 e. The monoisotopic (exact) mass is 321 g/mol. The van der Waals surface area contributed by atoms with Crippen molar-refractivity contribution >= 4 is 20.8 Å². The standard InChI is InChI=1S/C15H16FN3O2S/c16-13-7-18-4-10-2-1-3-14(15(10)13)22(20,21)19-8-11-5-17-6-12(11)9-19/h1-4,7,11-12,17H,5-6,8-9H2/t11-,12+. The van der Waals surface area contributed by atoms with E-state index in [1.165, 1.54) is 16.6 Å². The third-order valence-electron chi connectivity index (χ3n) is 4.67. The lowest BCUT2D eigenvalue weighted by atomic mass is 10.0. The third kappa shape index (κ3) is 2.04. The van der Waals surface area contributed by atoms with Crippen molar-refractivity contribution in [3.8, 4) is 0 Å². The van der Waals surface area contributed by atoms with Crippen LogP contribution in [0.2, 0.25) is 0 Å². The van der Waals surface area contributed by atoms with Crippen LogP contribution in [-0.2, 0) is 10.0 Å². The Hall–Kier alpha value is -1.57. The van der Waals surface area contributed by atoms with Crippen LogP contribution in [0.3, 0.4) is 0 Å². The Labute approximate surface area is 128 Å². The van der Waals surface area contributed by atoms with E-state index in [1.54, 1.807) is 12.1 Å². The van der Waals surface area contributed by atoms with Gasteiger partial charge in [-0.1, -0.05) is 12.1 Å². The lowest BCUT2D eigenvalue weighted by Crippen LogP contribution is -2.32. The number of sulfonamides is 1. The highest BCUT2D eigenvalue weighted by Crippen LogP contribution is 2.33. The first-order valence-electron chi connectivity index (χ1n) is 7.30. The fraction of sp³-hybridized carbons (Fsp3) is 0.400. The van der Waals surface area contributed by atoms with Gasteiger partial charge in [0.15, 0.2) is 5.82 Å². The summed E-state index contributed by atoms with van der Waals surface area (Å²) in [5.41, 5.74) is 0. The molecular formula is C15H16FN3O2S. The van der Waals surface area contributed by atoms with E-state index < -0.39 is 15.8 Å². The fourth-order valence-electron chi connectivity index (χ4n) is 3.52. The summed E-state index contributed by atoms with van der Waals surface area (Å²) in [6.45, 7) is 2.71. The number of benzene rings is 1. The largest absolute Gasteiger partial charge is 0.316 e. The molecule has 0 radical (unpaired) electrons. The van der Waals surface area contributed by atoms with Crippen LogP contribution in [0, 0.1) is 17.7 Å². The molecule has 2 atom stereocenters. The molecule has 0 spiro atoms. The zero-order valence-electron chi connectivity index (χ0n) is 11.9. The highest BCUT2D eigenvalue weighted by atomic mass is 32.2. The molecule has 0 aliphatic carbocycles. The van der Waals surface area contributed by atoms with Gasteiger partial charge >= 0.3 is 0 Å². The van der Waals surface area contributed by atoms with Crippen molar-refractivity contribution in [1.82, 2.24) is 14.6 Å². The number of halogens is 1. The van der Waals surface area contributed by atoms with Crippen LogP contribution in [0.5, 0.6) is 0 Å². The molecule has 2 aliphatic heterocycles. The maximum Gasteiger partial charge on any atom is 0.243 e. The van der Waals surface area contributed by atoms with Crippen LogP contribution in [0.15, 0.2) is 35.5 Å². The number of nitrogens with one attached hydrogen (secondary N) is 1. The predicted molar refractivity (Wildman–Crippen MR) is 80.3 cm³/mol. The van der Waals surface area contributed by atoms with Crippen LogP contribution >= 0.6 is 0 Å². The number of fused-ring (bicyclic) bond motifs is 2. The van der Waals surface area contributed by atoms with Gasteiger partial charge < -0.3 is 5.32 Å². The second kappa shape index (κ2) is 4.97. The van der Waals surface area contributed by atoms with Gasteiger partial charge in [-0.15, -0.1) is 0 Å². The second-order valence-electron chi connectivity index (χ2n) is 5.98. The molecule has 0 bridgehead atoms. The lowest BCUT2D eigenvalue weighted by molar-refractivity contribution is 0.448. The van der Waals surface area contributed by atoms with Crippen molar-refractivity contribution in [3.05, 3.63) is 36.4 Å². The molecule has 1 aromatic heterocycles. The Bertz CT molecular complexity index is 823. The highest BCUT2D eigenvalue weighted by Gasteiger charge is 2.42. The van der Waals surface area contributed by atoms with Gasteiger partial charge in [0.25, 0.3) is 0 Å². The summed E-state index contributed by atoms with van der Waals surface area (Å²) in [6, 6.07) is 4.79. The molecule has 1 aromatic carbocycles. The summed E-state index contributed by atoms with van der Waals surface area (Å²) in [5.74, 6) is 0.116. The van der Waals surface area contributed by atoms with Crippen LogP contribution in [0.1, 0.15) is 0 Å². The van der Waals surface area contributed by atoms with Gasteiger partial charge in [0.05, 0.1) is 11.1 Å². The summed E-state index contributed by atoms with van der Waals surface area (Å²) < 4.78 is 41.5. The minimum Gasteiger partial charge on any atom is -0.316 e. The van der Waals surface area contributed by atoms with E-state index in [-0.39, 0.29) is 10.3 Å². The first-order valence-corrected chi connectivity index (χ1v) is 8.74. The lowest BCUT2D eigenvalue weighted by Gasteiger charge is -2.18. The number of hydrogen-bond donors (Lipinski definition) is 1. The molecule has 2 aromatic rings. The molecule has 0 unspecified atom stereocenters. The molecular weight excluding hydrogens is 305 g/mol. The van der Waals surface area contributed by atoms with Gasteiger partial charge in [-0.25, -0.2) is 12.8 Å². The van der Waals surface area contributed by atoms with Crippen LogP contribution in [-0.4, -0.2) is 43.9 Å². The molecule has 2 saturated heterocycles. The molecule has 2 fully saturated rings. The molecule has 22 heavy (non-hydrogen) atoms. The van der Waals surface area contributed by atoms with Crippen LogP contribution < -0.4 is 5.32 Å². The van der Waals surface area contributed by atoms with Crippen molar-refractivity contribution < 1.29 is 12.8 Å². The Balaban J connectivity index is 1.81. The highest BCUT2D eigenvalue weighted by molar-refractivity contribution is 7.89. The normalized spacial score (nSPS) is 25.7. The number of pyridine rings is 1. The average molecular weight is 321 g/mol. The number of hydrogen-bond acceptors (Lipinski definition) is 4. The Kier molecular flexibility index (Phi) is 3.18. The molecule has 0 saturated carbocycles. The van der Waals surface area contributed by atoms with Gasteiger partial charge in [-0.2, -0.15) is 4.31 Å². The number of rotatable bonds is 2. The van der Waals surface area contributed by atoms with E-state index in [4.69, 9.17) is 0 Å². The quantitative estimate of drug-likeness (QED) is 0.903. The van der Waals surface area contributed by atoms with E-state index in [1.807, 2.05) is 0 Å². The van der Waals surface area contributed by atoms with Gasteiger partial charge in [-0.3, -0.25) is 4.98 Å². The Morgan fingerprint density at radius 2 is 1.91 bits per heavy atom. The van der Waals surface area contributed by atoms with E-state index in [2.05, 4.69) is 10.3 Å². The topological polar surface area (TPSA) is 62.3 Å². The second-order valence-corrected chi connectivity index (χ2v) is 7.88. The zero-order valence-corrected chi connectivity index (χ0v) is 12.7. The summed E-state index contributed by atoms with van der Waals surface area (Å²) in [6.07, 6.45) is 2.55. The molecule has 5 nitrogen and oxygen atoms in total. The summed E-state index contributed by atoms with van der Waals surface area (Å²) in [7, 11) is -3.69. The average Bonchev–Trinajstić information content (AvgIpc) is 3.08.